The predicted molar refractivity (Wildman–Crippen MR) is 67.2 cm³/mol. The molecule has 0 aromatic carbocycles. The molecule has 0 spiro atoms. The van der Waals surface area contributed by atoms with Crippen molar-refractivity contribution in [1.82, 2.24) is 0 Å². The fraction of sp³-hybridized carbons (Fsp3) is 1.00. The van der Waals surface area contributed by atoms with E-state index in [-0.39, 0.29) is 5.92 Å². The van der Waals surface area contributed by atoms with Crippen LogP contribution in [0.3, 0.4) is 0 Å². The van der Waals surface area contributed by atoms with Gasteiger partial charge in [0.1, 0.15) is 0 Å². The van der Waals surface area contributed by atoms with Crippen molar-refractivity contribution >= 4 is 0 Å². The van der Waals surface area contributed by atoms with Gasteiger partial charge in [-0.2, -0.15) is 13.2 Å². The molecule has 2 fully saturated rings. The molecule has 0 N–H and O–H groups in total. The van der Waals surface area contributed by atoms with Gasteiger partial charge in [0.2, 0.25) is 0 Å². The number of halogens is 3. The number of hydrogen-bond acceptors (Lipinski definition) is 0. The summed E-state index contributed by atoms with van der Waals surface area (Å²) in [7, 11) is 0. The van der Waals surface area contributed by atoms with Crippen LogP contribution in [-0.4, -0.2) is 6.18 Å². The van der Waals surface area contributed by atoms with Crippen LogP contribution >= 0.6 is 0 Å². The van der Waals surface area contributed by atoms with Crippen LogP contribution in [0.15, 0.2) is 0 Å². The summed E-state index contributed by atoms with van der Waals surface area (Å²) >= 11 is 0. The van der Waals surface area contributed by atoms with Gasteiger partial charge in [-0.3, -0.25) is 0 Å². The van der Waals surface area contributed by atoms with E-state index in [0.717, 1.165) is 19.3 Å². The Kier molecular flexibility index (Phi) is 4.60. The van der Waals surface area contributed by atoms with Crippen LogP contribution in [0.2, 0.25) is 0 Å². The maximum atomic E-state index is 12.9. The molecule has 0 heterocycles. The monoisotopic (exact) mass is 262 g/mol. The van der Waals surface area contributed by atoms with Gasteiger partial charge in [0.25, 0.3) is 0 Å². The molecule has 0 aliphatic heterocycles. The Balaban J connectivity index is 1.86. The molecule has 0 nitrogen and oxygen atoms in total. The Hall–Kier alpha value is -0.210. The molecular formula is C15H25F3. The quantitative estimate of drug-likeness (QED) is 0.610. The maximum absolute atomic E-state index is 12.9. The molecule has 3 atom stereocenters. The minimum Gasteiger partial charge on any atom is -0.171 e. The van der Waals surface area contributed by atoms with Gasteiger partial charge in [0, 0.05) is 0 Å². The summed E-state index contributed by atoms with van der Waals surface area (Å²) in [5.74, 6) is -0.172. The van der Waals surface area contributed by atoms with Crippen molar-refractivity contribution < 1.29 is 13.2 Å². The zero-order valence-corrected chi connectivity index (χ0v) is 11.3. The number of hydrogen-bond donors (Lipinski definition) is 0. The maximum Gasteiger partial charge on any atom is 0.392 e. The van der Waals surface area contributed by atoms with Crippen LogP contribution in [0, 0.1) is 23.7 Å². The standard InChI is InChI=1S/C15H25F3/c1-11-7-8-13(10-14(11)15(16,17)18)9-12-5-3-2-4-6-12/h11-14H,2-10H2,1H3/t11-,13-,14?/m0/s1. The summed E-state index contributed by atoms with van der Waals surface area (Å²) in [5, 5.41) is 0. The van der Waals surface area contributed by atoms with Gasteiger partial charge in [-0.15, -0.1) is 0 Å². The topological polar surface area (TPSA) is 0 Å². The third-order valence-electron chi connectivity index (χ3n) is 5.12. The highest BCUT2D eigenvalue weighted by molar-refractivity contribution is 4.84. The number of rotatable bonds is 2. The average Bonchev–Trinajstić information content (AvgIpc) is 2.31. The van der Waals surface area contributed by atoms with Crippen LogP contribution in [0.5, 0.6) is 0 Å². The Labute approximate surface area is 108 Å². The first kappa shape index (κ1) is 14.2. The lowest BCUT2D eigenvalue weighted by molar-refractivity contribution is -0.199. The zero-order valence-electron chi connectivity index (χ0n) is 11.3. The molecule has 2 rings (SSSR count). The molecule has 106 valence electrons. The first-order valence-corrected chi connectivity index (χ1v) is 7.53. The van der Waals surface area contributed by atoms with Crippen molar-refractivity contribution in [2.24, 2.45) is 23.7 Å². The lowest BCUT2D eigenvalue weighted by Gasteiger charge is -2.37. The van der Waals surface area contributed by atoms with E-state index < -0.39 is 12.1 Å². The van der Waals surface area contributed by atoms with E-state index in [1.54, 1.807) is 6.92 Å². The summed E-state index contributed by atoms with van der Waals surface area (Å²) in [4.78, 5) is 0. The van der Waals surface area contributed by atoms with E-state index in [0.29, 0.717) is 18.3 Å². The smallest absolute Gasteiger partial charge is 0.171 e. The van der Waals surface area contributed by atoms with Crippen LogP contribution in [0.1, 0.15) is 64.7 Å². The molecule has 0 aromatic rings. The third-order valence-corrected chi connectivity index (χ3v) is 5.12. The van der Waals surface area contributed by atoms with E-state index >= 15 is 0 Å². The van der Waals surface area contributed by atoms with Gasteiger partial charge in [0.05, 0.1) is 5.92 Å². The van der Waals surface area contributed by atoms with Crippen molar-refractivity contribution in [1.29, 1.82) is 0 Å². The summed E-state index contributed by atoms with van der Waals surface area (Å²) in [6.45, 7) is 1.77. The number of alkyl halides is 3. The second-order valence-electron chi connectivity index (χ2n) is 6.54. The highest BCUT2D eigenvalue weighted by atomic mass is 19.4. The van der Waals surface area contributed by atoms with Crippen molar-refractivity contribution in [3.05, 3.63) is 0 Å². The Morgan fingerprint density at radius 1 is 0.889 bits per heavy atom. The highest BCUT2D eigenvalue weighted by Crippen LogP contribution is 2.45. The second-order valence-corrected chi connectivity index (χ2v) is 6.54. The molecule has 0 radical (unpaired) electrons. The van der Waals surface area contributed by atoms with Crippen molar-refractivity contribution in [3.8, 4) is 0 Å². The minimum absolute atomic E-state index is 0.174. The Morgan fingerprint density at radius 2 is 1.56 bits per heavy atom. The van der Waals surface area contributed by atoms with E-state index in [1.807, 2.05) is 0 Å². The fourth-order valence-corrected chi connectivity index (χ4v) is 3.97. The van der Waals surface area contributed by atoms with Gasteiger partial charge < -0.3 is 0 Å². The third kappa shape index (κ3) is 3.64. The van der Waals surface area contributed by atoms with Crippen LogP contribution in [-0.2, 0) is 0 Å². The largest absolute Gasteiger partial charge is 0.392 e. The van der Waals surface area contributed by atoms with Crippen molar-refractivity contribution in [3.63, 3.8) is 0 Å². The summed E-state index contributed by atoms with van der Waals surface area (Å²) in [6, 6.07) is 0. The first-order valence-electron chi connectivity index (χ1n) is 7.53. The van der Waals surface area contributed by atoms with Crippen LogP contribution in [0.4, 0.5) is 13.2 Å². The van der Waals surface area contributed by atoms with E-state index in [1.165, 1.54) is 32.1 Å². The van der Waals surface area contributed by atoms with E-state index in [9.17, 15) is 13.2 Å². The van der Waals surface area contributed by atoms with Gasteiger partial charge in [-0.25, -0.2) is 0 Å². The molecular weight excluding hydrogens is 237 g/mol. The van der Waals surface area contributed by atoms with Crippen molar-refractivity contribution in [2.75, 3.05) is 0 Å². The van der Waals surface area contributed by atoms with Gasteiger partial charge in [-0.1, -0.05) is 45.4 Å². The molecule has 2 saturated carbocycles. The van der Waals surface area contributed by atoms with E-state index in [4.69, 9.17) is 0 Å². The SMILES string of the molecule is C[C@H]1CC[C@@H](CC2CCCCC2)CC1C(F)(F)F. The highest BCUT2D eigenvalue weighted by Gasteiger charge is 2.46. The molecule has 2 aliphatic rings. The average molecular weight is 262 g/mol. The fourth-order valence-electron chi connectivity index (χ4n) is 3.97. The molecule has 3 heteroatoms. The van der Waals surface area contributed by atoms with Crippen molar-refractivity contribution in [2.45, 2.75) is 70.9 Å². The molecule has 18 heavy (non-hydrogen) atoms. The molecule has 0 saturated heterocycles. The molecule has 2 aliphatic carbocycles. The lowest BCUT2D eigenvalue weighted by Crippen LogP contribution is -2.35. The van der Waals surface area contributed by atoms with Gasteiger partial charge in [0.15, 0.2) is 0 Å². The molecule has 0 bridgehead atoms. The Morgan fingerprint density at radius 3 is 2.17 bits per heavy atom. The first-order chi connectivity index (χ1) is 8.47. The summed E-state index contributed by atoms with van der Waals surface area (Å²) in [5.41, 5.74) is 0. The molecule has 0 amide bonds. The van der Waals surface area contributed by atoms with Crippen LogP contribution in [0.25, 0.3) is 0 Å². The summed E-state index contributed by atoms with van der Waals surface area (Å²) in [6.07, 6.45) is 5.65. The van der Waals surface area contributed by atoms with Crippen LogP contribution < -0.4 is 0 Å². The molecule has 1 unspecified atom stereocenters. The minimum atomic E-state index is -3.98. The van der Waals surface area contributed by atoms with Gasteiger partial charge in [-0.05, 0) is 37.0 Å². The molecule has 0 aromatic heterocycles. The Bertz CT molecular complexity index is 253. The zero-order chi connectivity index (χ0) is 13.2. The predicted octanol–water partition coefficient (Wildman–Crippen LogP) is 5.57. The summed E-state index contributed by atoms with van der Waals surface area (Å²) < 4.78 is 38.8. The normalized spacial score (nSPS) is 35.7. The lowest BCUT2D eigenvalue weighted by atomic mass is 9.70. The second kappa shape index (κ2) is 5.83. The van der Waals surface area contributed by atoms with E-state index in [2.05, 4.69) is 0 Å². The van der Waals surface area contributed by atoms with Gasteiger partial charge >= 0.3 is 6.18 Å².